The molecule has 0 amide bonds. The van der Waals surface area contributed by atoms with Crippen molar-refractivity contribution in [1.82, 2.24) is 0 Å². The molecule has 1 atom stereocenters. The summed E-state index contributed by atoms with van der Waals surface area (Å²) in [6.07, 6.45) is 25.5. The van der Waals surface area contributed by atoms with E-state index < -0.39 is 6.03 Å². The fourth-order valence-corrected chi connectivity index (χ4v) is 12.0. The maximum absolute atomic E-state index is 7.50. The van der Waals surface area contributed by atoms with Crippen LogP contribution in [-0.2, 0) is 16.2 Å². The molecule has 6 heteroatoms. The molecule has 0 radical (unpaired) electrons. The normalized spacial score (nSPS) is 18.9. The van der Waals surface area contributed by atoms with Gasteiger partial charge in [0.1, 0.15) is 0 Å². The van der Waals surface area contributed by atoms with E-state index in [0.717, 1.165) is 17.1 Å². The van der Waals surface area contributed by atoms with Crippen molar-refractivity contribution in [3.63, 3.8) is 0 Å². The van der Waals surface area contributed by atoms with Gasteiger partial charge in [-0.1, -0.05) is 150 Å². The summed E-state index contributed by atoms with van der Waals surface area (Å²) in [5.41, 5.74) is 5.63. The molecule has 1 saturated heterocycles. The van der Waals surface area contributed by atoms with Crippen molar-refractivity contribution < 1.29 is 27.6 Å². The van der Waals surface area contributed by atoms with Crippen LogP contribution in [0.15, 0.2) is 30.3 Å². The van der Waals surface area contributed by atoms with Crippen molar-refractivity contribution in [3.05, 3.63) is 58.1 Å². The van der Waals surface area contributed by atoms with Gasteiger partial charge in [0.15, 0.2) is 23.9 Å². The van der Waals surface area contributed by atoms with Gasteiger partial charge in [-0.25, -0.2) is 0 Å². The van der Waals surface area contributed by atoms with Crippen LogP contribution in [0.25, 0.3) is 0 Å². The van der Waals surface area contributed by atoms with Crippen LogP contribution >= 0.6 is 0 Å². The molecular formula is C61H106N4O2+4. The van der Waals surface area contributed by atoms with Gasteiger partial charge >= 0.3 is 6.03 Å². The predicted octanol–water partition coefficient (Wildman–Crippen LogP) is 15.1. The van der Waals surface area contributed by atoms with E-state index in [2.05, 4.69) is 170 Å². The zero-order valence-corrected chi connectivity index (χ0v) is 47.1. The molecule has 1 spiro atoms. The Morgan fingerprint density at radius 1 is 0.463 bits per heavy atom. The minimum Gasteiger partial charge on any atom is -0.341 e. The lowest BCUT2D eigenvalue weighted by Gasteiger charge is -2.42. The number of hydrogen-bond acceptors (Lipinski definition) is 2. The van der Waals surface area contributed by atoms with Gasteiger partial charge in [0.25, 0.3) is 0 Å². The van der Waals surface area contributed by atoms with Crippen LogP contribution < -0.4 is 9.47 Å². The molecule has 0 N–H and O–H groups in total. The standard InChI is InChI=1S/C61H106N4O2/c1-18-24-36-64(37-25-19-2,38-26-20-3)42-30-34-60(17,35-31-43-65(39-27-21-4,40-28-22-5)41-29-23-6)51-32-33-54-49(44-51)47-62-58(13,14)59(15,16)63-48-50-45-52(56(7,8)9)46-53(57(10,11)12)55(50)67-61(62,63)66-54/h32-33,44-48H,18-31,34-43H2,1-17H3/q+4. The van der Waals surface area contributed by atoms with Crippen LogP contribution in [0.3, 0.4) is 0 Å². The Kier molecular flexibility index (Phi) is 18.3. The van der Waals surface area contributed by atoms with E-state index >= 15 is 0 Å². The highest BCUT2D eigenvalue weighted by Gasteiger charge is 2.83. The smallest absolute Gasteiger partial charge is 0.341 e. The fourth-order valence-electron chi connectivity index (χ4n) is 12.0. The van der Waals surface area contributed by atoms with Crippen LogP contribution in [0.4, 0.5) is 0 Å². The van der Waals surface area contributed by atoms with Crippen LogP contribution in [0.1, 0.15) is 248 Å². The summed E-state index contributed by atoms with van der Waals surface area (Å²) < 4.78 is 22.4. The molecule has 0 aromatic heterocycles. The molecule has 6 nitrogen and oxygen atoms in total. The van der Waals surface area contributed by atoms with Crippen molar-refractivity contribution in [3.8, 4) is 11.5 Å². The summed E-state index contributed by atoms with van der Waals surface area (Å²) in [5, 5.41) is 0. The Labute approximate surface area is 414 Å². The van der Waals surface area contributed by atoms with E-state index in [1.807, 2.05) is 0 Å². The number of benzene rings is 2. The second-order valence-corrected chi connectivity index (χ2v) is 25.4. The number of hydrogen-bond donors (Lipinski definition) is 0. The van der Waals surface area contributed by atoms with Crippen molar-refractivity contribution in [2.24, 2.45) is 0 Å². The maximum Gasteiger partial charge on any atom is 0.705 e. The summed E-state index contributed by atoms with van der Waals surface area (Å²) >= 11 is 0. The van der Waals surface area contributed by atoms with Gasteiger partial charge in [-0.15, -0.1) is 0 Å². The van der Waals surface area contributed by atoms with Crippen molar-refractivity contribution in [2.75, 3.05) is 52.4 Å². The molecule has 1 fully saturated rings. The quantitative estimate of drug-likeness (QED) is 0.0659. The topological polar surface area (TPSA) is 24.5 Å². The van der Waals surface area contributed by atoms with E-state index in [1.54, 1.807) is 0 Å². The first kappa shape index (κ1) is 55.2. The van der Waals surface area contributed by atoms with Gasteiger partial charge in [-0.3, -0.25) is 0 Å². The molecule has 2 aromatic carbocycles. The number of fused-ring (bicyclic) bond motifs is 2. The number of quaternary nitrogens is 2. The van der Waals surface area contributed by atoms with Crippen molar-refractivity contribution >= 4 is 12.4 Å². The highest BCUT2D eigenvalue weighted by molar-refractivity contribution is 5.84. The van der Waals surface area contributed by atoms with E-state index in [1.165, 1.54) is 186 Å². The third kappa shape index (κ3) is 11.9. The molecule has 1 unspecified atom stereocenters. The van der Waals surface area contributed by atoms with E-state index in [9.17, 15) is 0 Å². The summed E-state index contributed by atoms with van der Waals surface area (Å²) in [5.74, 6) is 1.85. The molecule has 0 saturated carbocycles. The van der Waals surface area contributed by atoms with Crippen LogP contribution in [0.2, 0.25) is 0 Å². The molecule has 3 aliphatic rings. The minimum absolute atomic E-state index is 0.00687. The van der Waals surface area contributed by atoms with Crippen LogP contribution in [0, 0.1) is 0 Å². The summed E-state index contributed by atoms with van der Waals surface area (Å²) in [4.78, 5) is 0. The van der Waals surface area contributed by atoms with Gasteiger partial charge in [0.2, 0.25) is 11.1 Å². The van der Waals surface area contributed by atoms with Crippen molar-refractivity contribution in [2.45, 2.75) is 254 Å². The minimum atomic E-state index is -1.14. The first-order valence-electron chi connectivity index (χ1n) is 28.2. The van der Waals surface area contributed by atoms with Gasteiger partial charge < -0.3 is 18.4 Å². The molecular weight excluding hydrogens is 821 g/mol. The van der Waals surface area contributed by atoms with Gasteiger partial charge in [-0.2, -0.15) is 0 Å². The number of nitrogens with zero attached hydrogens (tertiary/aromatic N) is 4. The lowest BCUT2D eigenvalue weighted by Crippen LogP contribution is -2.61. The highest BCUT2D eigenvalue weighted by Crippen LogP contribution is 2.52. The van der Waals surface area contributed by atoms with E-state index in [0.29, 0.717) is 0 Å². The Morgan fingerprint density at radius 3 is 1.24 bits per heavy atom. The average Bonchev–Trinajstić information content (AvgIpc) is 3.40. The lowest BCUT2D eigenvalue weighted by atomic mass is 9.74. The first-order chi connectivity index (χ1) is 31.5. The Bertz CT molecular complexity index is 1910. The van der Waals surface area contributed by atoms with Gasteiger partial charge in [0, 0.05) is 33.3 Å². The molecule has 3 aliphatic heterocycles. The summed E-state index contributed by atoms with van der Waals surface area (Å²) in [6.45, 7) is 50.9. The molecule has 378 valence electrons. The molecule has 0 aliphatic carbocycles. The molecule has 0 bridgehead atoms. The molecule has 67 heavy (non-hydrogen) atoms. The predicted molar refractivity (Wildman–Crippen MR) is 288 cm³/mol. The summed E-state index contributed by atoms with van der Waals surface area (Å²) in [6, 6.07) is 10.9. The Morgan fingerprint density at radius 2 is 0.851 bits per heavy atom. The fraction of sp³-hybridized carbons (Fsp3) is 0.770. The lowest BCUT2D eigenvalue weighted by molar-refractivity contribution is -0.929. The zero-order chi connectivity index (χ0) is 49.5. The first-order valence-corrected chi connectivity index (χ1v) is 28.2. The highest BCUT2D eigenvalue weighted by atomic mass is 16.7. The number of unbranched alkanes of at least 4 members (excludes halogenated alkanes) is 6. The number of ether oxygens (including phenoxy) is 2. The van der Waals surface area contributed by atoms with Crippen LogP contribution in [-0.4, -0.2) is 100 Å². The molecule has 2 aromatic rings. The van der Waals surface area contributed by atoms with Gasteiger partial charge in [0.05, 0.1) is 63.5 Å². The SMILES string of the molecule is CCCC[N+](CCCC)(CCCC)CCCC(C)(CCC[N+](CCCC)(CCCC)CCCC)c1ccc2c(c1)C=[N+]1C3(O2)Oc2c(cc(C(C)(C)C)cc2C(C)(C)C)C=[N+]3C(C)(C)C1(C)C. The van der Waals surface area contributed by atoms with Crippen LogP contribution in [0.5, 0.6) is 11.5 Å². The third-order valence-electron chi connectivity index (χ3n) is 17.5. The van der Waals surface area contributed by atoms with Crippen molar-refractivity contribution in [1.29, 1.82) is 0 Å². The average molecular weight is 928 g/mol. The molecule has 3 heterocycles. The second-order valence-electron chi connectivity index (χ2n) is 25.4. The summed E-state index contributed by atoms with van der Waals surface area (Å²) in [7, 11) is 0. The zero-order valence-electron chi connectivity index (χ0n) is 47.1. The largest absolute Gasteiger partial charge is 0.705 e. The maximum atomic E-state index is 7.50. The number of rotatable bonds is 27. The third-order valence-corrected chi connectivity index (χ3v) is 17.5. The van der Waals surface area contributed by atoms with E-state index in [-0.39, 0.29) is 27.3 Å². The monoisotopic (exact) mass is 927 g/mol. The Hall–Kier alpha value is -2.70. The van der Waals surface area contributed by atoms with Gasteiger partial charge in [-0.05, 0) is 110 Å². The Balaban J connectivity index is 1.59. The molecule has 5 rings (SSSR count). The second kappa shape index (κ2) is 22.2. The van der Waals surface area contributed by atoms with E-state index in [4.69, 9.17) is 9.47 Å².